The molecule has 3 aromatic rings. The molecule has 21 heavy (non-hydrogen) atoms. The number of fused-ring (bicyclic) bond motifs is 1. The van der Waals surface area contributed by atoms with Crippen LogP contribution in [0, 0.1) is 0 Å². The normalized spacial score (nSPS) is 10.5. The lowest BCUT2D eigenvalue weighted by molar-refractivity contribution is 0.103. The van der Waals surface area contributed by atoms with Gasteiger partial charge in [-0.3, -0.25) is 4.79 Å². The minimum absolute atomic E-state index is 0.00301. The van der Waals surface area contributed by atoms with Gasteiger partial charge < -0.3 is 9.84 Å². The predicted molar refractivity (Wildman–Crippen MR) is 79.8 cm³/mol. The monoisotopic (exact) mass is 279 g/mol. The summed E-state index contributed by atoms with van der Waals surface area (Å²) in [6, 6.07) is 15.9. The Hall–Kier alpha value is -2.88. The number of rotatable bonds is 3. The van der Waals surface area contributed by atoms with E-state index in [0.29, 0.717) is 16.5 Å². The molecular weight excluding hydrogens is 266 g/mol. The lowest BCUT2D eigenvalue weighted by Gasteiger charge is -2.11. The number of carbonyl (C=O) groups is 1. The van der Waals surface area contributed by atoms with E-state index in [1.807, 2.05) is 18.2 Å². The molecule has 0 spiro atoms. The highest BCUT2D eigenvalue weighted by molar-refractivity contribution is 6.11. The summed E-state index contributed by atoms with van der Waals surface area (Å²) in [7, 11) is 1.46. The number of hydrogen-bond acceptors (Lipinski definition) is 4. The van der Waals surface area contributed by atoms with E-state index in [2.05, 4.69) is 4.98 Å². The maximum Gasteiger partial charge on any atom is 0.215 e. The van der Waals surface area contributed by atoms with Crippen LogP contribution in [0.1, 0.15) is 16.1 Å². The highest BCUT2D eigenvalue weighted by Gasteiger charge is 2.21. The third-order valence-electron chi connectivity index (χ3n) is 3.28. The Labute approximate surface area is 121 Å². The summed E-state index contributed by atoms with van der Waals surface area (Å²) in [6.45, 7) is 0. The van der Waals surface area contributed by atoms with E-state index in [1.165, 1.54) is 7.11 Å². The Bertz CT molecular complexity index is 813. The molecular formula is C17H13NO3. The molecule has 0 aliphatic rings. The van der Waals surface area contributed by atoms with Crippen LogP contribution in [0.5, 0.6) is 11.5 Å². The van der Waals surface area contributed by atoms with Crippen LogP contribution in [-0.2, 0) is 0 Å². The van der Waals surface area contributed by atoms with Crippen LogP contribution in [0.2, 0.25) is 0 Å². The minimum Gasteiger partial charge on any atom is -0.503 e. The summed E-state index contributed by atoms with van der Waals surface area (Å²) in [5.74, 6) is -0.304. The number of pyridine rings is 1. The summed E-state index contributed by atoms with van der Waals surface area (Å²) < 4.78 is 5.24. The van der Waals surface area contributed by atoms with Gasteiger partial charge in [0, 0.05) is 10.9 Å². The fourth-order valence-corrected chi connectivity index (χ4v) is 2.26. The van der Waals surface area contributed by atoms with E-state index >= 15 is 0 Å². The highest BCUT2D eigenvalue weighted by atomic mass is 16.5. The zero-order valence-corrected chi connectivity index (χ0v) is 11.4. The minimum atomic E-state index is -0.336. The number of benzene rings is 2. The summed E-state index contributed by atoms with van der Waals surface area (Å²) in [4.78, 5) is 16.8. The molecule has 1 N–H and O–H groups in total. The van der Waals surface area contributed by atoms with Gasteiger partial charge in [-0.05, 0) is 12.1 Å². The van der Waals surface area contributed by atoms with Crippen molar-refractivity contribution < 1.29 is 14.6 Å². The van der Waals surface area contributed by atoms with E-state index in [4.69, 9.17) is 4.74 Å². The standard InChI is InChI=1S/C17H13NO3/c1-21-17-12-9-5-6-10-13(12)18-14(16(17)20)15(19)11-7-3-2-4-8-11/h2-10,20H,1H3. The van der Waals surface area contributed by atoms with E-state index < -0.39 is 0 Å². The molecule has 4 nitrogen and oxygen atoms in total. The van der Waals surface area contributed by atoms with Crippen molar-refractivity contribution in [1.29, 1.82) is 0 Å². The molecule has 0 unspecified atom stereocenters. The van der Waals surface area contributed by atoms with Gasteiger partial charge in [-0.2, -0.15) is 0 Å². The highest BCUT2D eigenvalue weighted by Crippen LogP contribution is 2.36. The Morgan fingerprint density at radius 1 is 1.05 bits per heavy atom. The van der Waals surface area contributed by atoms with E-state index in [-0.39, 0.29) is 23.0 Å². The van der Waals surface area contributed by atoms with Crippen molar-refractivity contribution in [3.63, 3.8) is 0 Å². The van der Waals surface area contributed by atoms with Gasteiger partial charge in [0.15, 0.2) is 17.2 Å². The van der Waals surface area contributed by atoms with Gasteiger partial charge in [0.25, 0.3) is 0 Å². The molecule has 0 fully saturated rings. The number of carbonyl (C=O) groups excluding carboxylic acids is 1. The molecule has 3 rings (SSSR count). The average Bonchev–Trinajstić information content (AvgIpc) is 2.54. The van der Waals surface area contributed by atoms with Gasteiger partial charge >= 0.3 is 0 Å². The Kier molecular flexibility index (Phi) is 3.28. The fraction of sp³-hybridized carbons (Fsp3) is 0.0588. The smallest absolute Gasteiger partial charge is 0.215 e. The molecule has 0 aliphatic heterocycles. The Balaban J connectivity index is 2.24. The molecule has 1 heterocycles. The lowest BCUT2D eigenvalue weighted by atomic mass is 10.1. The molecule has 0 amide bonds. The van der Waals surface area contributed by atoms with Gasteiger partial charge in [0.1, 0.15) is 0 Å². The molecule has 4 heteroatoms. The van der Waals surface area contributed by atoms with Gasteiger partial charge in [-0.15, -0.1) is 0 Å². The molecule has 0 aliphatic carbocycles. The van der Waals surface area contributed by atoms with Crippen LogP contribution in [0.3, 0.4) is 0 Å². The van der Waals surface area contributed by atoms with Crippen LogP contribution >= 0.6 is 0 Å². The molecule has 0 saturated heterocycles. The molecule has 0 saturated carbocycles. The molecule has 0 bridgehead atoms. The molecule has 0 atom stereocenters. The van der Waals surface area contributed by atoms with Crippen molar-refractivity contribution in [2.45, 2.75) is 0 Å². The first-order valence-corrected chi connectivity index (χ1v) is 6.48. The Morgan fingerprint density at radius 2 is 1.71 bits per heavy atom. The number of nitrogens with zero attached hydrogens (tertiary/aromatic N) is 1. The number of aromatic nitrogens is 1. The van der Waals surface area contributed by atoms with Crippen LogP contribution < -0.4 is 4.74 Å². The van der Waals surface area contributed by atoms with Gasteiger partial charge in [-0.25, -0.2) is 4.98 Å². The number of para-hydroxylation sites is 1. The SMILES string of the molecule is COc1c(O)c(C(=O)c2ccccc2)nc2ccccc12. The zero-order valence-electron chi connectivity index (χ0n) is 11.4. The van der Waals surface area contributed by atoms with Crippen molar-refractivity contribution in [2.24, 2.45) is 0 Å². The number of aromatic hydroxyl groups is 1. The van der Waals surface area contributed by atoms with Crippen molar-refractivity contribution in [2.75, 3.05) is 7.11 Å². The van der Waals surface area contributed by atoms with Crippen molar-refractivity contribution >= 4 is 16.7 Å². The molecule has 1 aromatic heterocycles. The topological polar surface area (TPSA) is 59.4 Å². The Morgan fingerprint density at radius 3 is 2.43 bits per heavy atom. The number of methoxy groups -OCH3 is 1. The van der Waals surface area contributed by atoms with E-state index in [1.54, 1.807) is 36.4 Å². The fourth-order valence-electron chi connectivity index (χ4n) is 2.26. The molecule has 0 radical (unpaired) electrons. The summed E-state index contributed by atoms with van der Waals surface area (Å²) in [6.07, 6.45) is 0. The zero-order chi connectivity index (χ0) is 14.8. The van der Waals surface area contributed by atoms with Crippen molar-refractivity contribution in [1.82, 2.24) is 4.98 Å². The number of hydrogen-bond donors (Lipinski definition) is 1. The van der Waals surface area contributed by atoms with E-state index in [9.17, 15) is 9.90 Å². The quantitative estimate of drug-likeness (QED) is 0.748. The van der Waals surface area contributed by atoms with Crippen LogP contribution in [0.25, 0.3) is 10.9 Å². The maximum absolute atomic E-state index is 12.5. The lowest BCUT2D eigenvalue weighted by Crippen LogP contribution is -2.06. The summed E-state index contributed by atoms with van der Waals surface area (Å²) in [5.41, 5.74) is 1.07. The predicted octanol–water partition coefficient (Wildman–Crippen LogP) is 3.18. The van der Waals surface area contributed by atoms with Crippen molar-refractivity contribution in [3.8, 4) is 11.5 Å². The molecule has 104 valence electrons. The van der Waals surface area contributed by atoms with Crippen LogP contribution in [0.15, 0.2) is 54.6 Å². The second kappa shape index (κ2) is 5.25. The summed E-state index contributed by atoms with van der Waals surface area (Å²) >= 11 is 0. The second-order valence-electron chi connectivity index (χ2n) is 4.55. The molecule has 2 aromatic carbocycles. The van der Waals surface area contributed by atoms with Gasteiger partial charge in [-0.1, -0.05) is 42.5 Å². The van der Waals surface area contributed by atoms with Gasteiger partial charge in [0.05, 0.1) is 12.6 Å². The first-order valence-electron chi connectivity index (χ1n) is 6.48. The van der Waals surface area contributed by atoms with Crippen molar-refractivity contribution in [3.05, 3.63) is 65.9 Å². The average molecular weight is 279 g/mol. The van der Waals surface area contributed by atoms with Gasteiger partial charge in [0.2, 0.25) is 5.78 Å². The van der Waals surface area contributed by atoms with Crippen LogP contribution in [0.4, 0.5) is 0 Å². The third kappa shape index (κ3) is 2.21. The first kappa shape index (κ1) is 13.1. The third-order valence-corrected chi connectivity index (χ3v) is 3.28. The maximum atomic E-state index is 12.5. The van der Waals surface area contributed by atoms with E-state index in [0.717, 1.165) is 0 Å². The largest absolute Gasteiger partial charge is 0.503 e. The first-order chi connectivity index (χ1) is 10.2. The number of ether oxygens (including phenoxy) is 1. The van der Waals surface area contributed by atoms with Crippen LogP contribution in [-0.4, -0.2) is 23.0 Å². The summed E-state index contributed by atoms with van der Waals surface area (Å²) in [5, 5.41) is 11.0. The number of ketones is 1. The second-order valence-corrected chi connectivity index (χ2v) is 4.55.